The van der Waals surface area contributed by atoms with Gasteiger partial charge in [-0.15, -0.1) is 17.0 Å². The molecule has 2 aromatic carbocycles. The molecule has 3 rings (SSSR count). The van der Waals surface area contributed by atoms with Gasteiger partial charge in [-0.2, -0.15) is 0 Å². The summed E-state index contributed by atoms with van der Waals surface area (Å²) in [4.78, 5) is 17.2. The zero-order chi connectivity index (χ0) is 28.2. The number of ketones is 1. The second-order valence-corrected chi connectivity index (χ2v) is 10.3. The molecule has 0 aromatic heterocycles. The highest BCUT2D eigenvalue weighted by atomic mass is 79.9. The lowest BCUT2D eigenvalue weighted by atomic mass is 9.84. The van der Waals surface area contributed by atoms with Crippen molar-refractivity contribution in [2.45, 2.75) is 46.6 Å². The minimum absolute atomic E-state index is 0. The summed E-state index contributed by atoms with van der Waals surface area (Å²) in [5.41, 5.74) is 2.65. The molecule has 0 saturated carbocycles. The molecular formula is C29H41BrFN3O5. The lowest BCUT2D eigenvalue weighted by Crippen LogP contribution is -2.31. The van der Waals surface area contributed by atoms with E-state index in [9.17, 15) is 4.79 Å². The largest absolute Gasteiger partial charge is 0.494 e. The van der Waals surface area contributed by atoms with Gasteiger partial charge in [-0.3, -0.25) is 10.2 Å². The molecule has 39 heavy (non-hydrogen) atoms. The van der Waals surface area contributed by atoms with Crippen LogP contribution in [0.25, 0.3) is 0 Å². The number of rotatable bonds is 12. The summed E-state index contributed by atoms with van der Waals surface area (Å²) in [6, 6.07) is 5.39. The molecule has 10 heteroatoms. The third-order valence-electron chi connectivity index (χ3n) is 6.55. The summed E-state index contributed by atoms with van der Waals surface area (Å²) in [7, 11) is 5.20. The number of amidine groups is 1. The van der Waals surface area contributed by atoms with Gasteiger partial charge < -0.3 is 28.7 Å². The molecule has 0 amide bonds. The van der Waals surface area contributed by atoms with Crippen LogP contribution in [0.1, 0.15) is 61.7 Å². The predicted molar refractivity (Wildman–Crippen MR) is 157 cm³/mol. The lowest BCUT2D eigenvalue weighted by Gasteiger charge is -2.29. The molecule has 0 aliphatic carbocycles. The van der Waals surface area contributed by atoms with Gasteiger partial charge in [0.25, 0.3) is 0 Å². The standard InChI is InChI=1S/C29H40FN3O5.BrH/c1-9-37-23-15-19-16-33(28(31)24(19)25(30)27(23)38-10-2)17-22(34)18-13-20(29(3,4)5)26(36-8)21(14-18)32(6)11-12-35-7;/h13-15,31H,9-12,16-17H2,1-8H3;1H. The fourth-order valence-corrected chi connectivity index (χ4v) is 4.60. The van der Waals surface area contributed by atoms with E-state index >= 15 is 4.39 Å². The monoisotopic (exact) mass is 609 g/mol. The van der Waals surface area contributed by atoms with Gasteiger partial charge in [-0.1, -0.05) is 20.8 Å². The smallest absolute Gasteiger partial charge is 0.197 e. The van der Waals surface area contributed by atoms with Crippen LogP contribution in [-0.2, 0) is 16.7 Å². The molecule has 0 radical (unpaired) electrons. The molecule has 1 aliphatic rings. The Kier molecular flexibility index (Phi) is 11.2. The molecule has 0 fully saturated rings. The predicted octanol–water partition coefficient (Wildman–Crippen LogP) is 5.61. The quantitative estimate of drug-likeness (QED) is 0.313. The molecule has 0 atom stereocenters. The number of hydrogen-bond donors (Lipinski definition) is 1. The van der Waals surface area contributed by atoms with Crippen LogP contribution in [0.4, 0.5) is 10.1 Å². The Labute approximate surface area is 241 Å². The van der Waals surface area contributed by atoms with Gasteiger partial charge in [0.2, 0.25) is 0 Å². The molecule has 1 N–H and O–H groups in total. The van der Waals surface area contributed by atoms with Gasteiger partial charge in [0.1, 0.15) is 11.6 Å². The van der Waals surface area contributed by atoms with Crippen molar-refractivity contribution >= 4 is 34.3 Å². The number of ether oxygens (including phenoxy) is 4. The van der Waals surface area contributed by atoms with Crippen LogP contribution in [0, 0.1) is 11.2 Å². The van der Waals surface area contributed by atoms with Crippen LogP contribution in [0.5, 0.6) is 17.2 Å². The van der Waals surface area contributed by atoms with Gasteiger partial charge >= 0.3 is 0 Å². The van der Waals surface area contributed by atoms with E-state index in [1.54, 1.807) is 32.1 Å². The number of carbonyl (C=O) groups excluding carboxylic acids is 1. The Hall–Kier alpha value is -2.85. The number of fused-ring (bicyclic) bond motifs is 1. The Morgan fingerprint density at radius 2 is 1.77 bits per heavy atom. The zero-order valence-corrected chi connectivity index (χ0v) is 25.9. The maximum atomic E-state index is 15.5. The number of carbonyl (C=O) groups is 1. The number of halogens is 2. The Morgan fingerprint density at radius 3 is 2.33 bits per heavy atom. The average Bonchev–Trinajstić information content (AvgIpc) is 3.18. The van der Waals surface area contributed by atoms with Crippen LogP contribution in [-0.4, -0.2) is 70.7 Å². The van der Waals surface area contributed by atoms with Crippen molar-refractivity contribution in [2.24, 2.45) is 0 Å². The number of benzene rings is 2. The van der Waals surface area contributed by atoms with E-state index in [4.69, 9.17) is 24.4 Å². The molecule has 0 saturated heterocycles. The molecule has 0 spiro atoms. The maximum absolute atomic E-state index is 15.5. The fraction of sp³-hybridized carbons (Fsp3) is 0.517. The first kappa shape index (κ1) is 32.4. The Bertz CT molecular complexity index is 1200. The number of likely N-dealkylation sites (N-methyl/N-ethyl adjacent to an activating group) is 1. The van der Waals surface area contributed by atoms with E-state index in [-0.39, 0.29) is 65.0 Å². The van der Waals surface area contributed by atoms with Crippen LogP contribution < -0.4 is 19.1 Å². The summed E-state index contributed by atoms with van der Waals surface area (Å²) in [5, 5.41) is 8.67. The maximum Gasteiger partial charge on any atom is 0.197 e. The first-order valence-electron chi connectivity index (χ1n) is 12.9. The molecule has 1 heterocycles. The minimum atomic E-state index is -0.630. The molecule has 0 bridgehead atoms. The van der Waals surface area contributed by atoms with Gasteiger partial charge in [0, 0.05) is 38.4 Å². The van der Waals surface area contributed by atoms with Crippen molar-refractivity contribution in [3.05, 3.63) is 46.3 Å². The number of Topliss-reactive ketones (excluding diaryl/α,β-unsaturated/α-hetero) is 1. The van der Waals surface area contributed by atoms with Crippen molar-refractivity contribution in [1.82, 2.24) is 4.90 Å². The highest BCUT2D eigenvalue weighted by Crippen LogP contribution is 2.41. The molecular weight excluding hydrogens is 569 g/mol. The SMILES string of the molecule is Br.CCOc1cc2c(c(F)c1OCC)C(=N)N(CC(=O)c1cc(N(C)CCOC)c(OC)c(C(C)(C)C)c1)C2. The van der Waals surface area contributed by atoms with Crippen molar-refractivity contribution in [1.29, 1.82) is 5.41 Å². The summed E-state index contributed by atoms with van der Waals surface area (Å²) in [6.45, 7) is 11.7. The molecule has 2 aromatic rings. The highest BCUT2D eigenvalue weighted by Gasteiger charge is 2.34. The number of methoxy groups -OCH3 is 2. The van der Waals surface area contributed by atoms with Crippen molar-refractivity contribution in [2.75, 3.05) is 59.1 Å². The minimum Gasteiger partial charge on any atom is -0.494 e. The van der Waals surface area contributed by atoms with E-state index in [0.29, 0.717) is 42.4 Å². The lowest BCUT2D eigenvalue weighted by molar-refractivity contribution is 0.0962. The molecule has 216 valence electrons. The first-order valence-corrected chi connectivity index (χ1v) is 12.9. The van der Waals surface area contributed by atoms with E-state index in [2.05, 4.69) is 20.8 Å². The van der Waals surface area contributed by atoms with E-state index < -0.39 is 5.82 Å². The second-order valence-electron chi connectivity index (χ2n) is 10.3. The van der Waals surface area contributed by atoms with Crippen LogP contribution in [0.3, 0.4) is 0 Å². The second kappa shape index (κ2) is 13.5. The molecule has 0 unspecified atom stereocenters. The number of hydrogen-bond acceptors (Lipinski definition) is 7. The highest BCUT2D eigenvalue weighted by molar-refractivity contribution is 8.93. The van der Waals surface area contributed by atoms with E-state index in [1.165, 1.54) is 0 Å². The fourth-order valence-electron chi connectivity index (χ4n) is 4.60. The Balaban J connectivity index is 0.00000533. The van der Waals surface area contributed by atoms with Gasteiger partial charge in [0.05, 0.1) is 44.7 Å². The van der Waals surface area contributed by atoms with Crippen molar-refractivity contribution < 1.29 is 28.1 Å². The number of nitrogens with zero attached hydrogens (tertiary/aromatic N) is 2. The molecule has 8 nitrogen and oxygen atoms in total. The number of nitrogens with one attached hydrogen (secondary N) is 1. The Morgan fingerprint density at radius 1 is 1.10 bits per heavy atom. The van der Waals surface area contributed by atoms with Gasteiger partial charge in [0.15, 0.2) is 23.1 Å². The van der Waals surface area contributed by atoms with Crippen LogP contribution in [0.15, 0.2) is 18.2 Å². The van der Waals surface area contributed by atoms with Crippen molar-refractivity contribution in [3.8, 4) is 17.2 Å². The topological polar surface area (TPSA) is 84.3 Å². The van der Waals surface area contributed by atoms with Gasteiger partial charge in [-0.25, -0.2) is 4.39 Å². The van der Waals surface area contributed by atoms with E-state index in [0.717, 1.165) is 11.3 Å². The molecule has 1 aliphatic heterocycles. The summed E-state index contributed by atoms with van der Waals surface area (Å²) < 4.78 is 37.6. The van der Waals surface area contributed by atoms with E-state index in [1.807, 2.05) is 31.0 Å². The third-order valence-corrected chi connectivity index (χ3v) is 6.55. The average molecular weight is 611 g/mol. The van der Waals surface area contributed by atoms with Crippen molar-refractivity contribution in [3.63, 3.8) is 0 Å². The number of anilines is 1. The zero-order valence-electron chi connectivity index (χ0n) is 24.2. The third kappa shape index (κ3) is 6.84. The normalized spacial score (nSPS) is 12.6. The van der Waals surface area contributed by atoms with Crippen LogP contribution in [0.2, 0.25) is 0 Å². The summed E-state index contributed by atoms with van der Waals surface area (Å²) in [6.07, 6.45) is 0. The summed E-state index contributed by atoms with van der Waals surface area (Å²) in [5.74, 6) is 0.168. The van der Waals surface area contributed by atoms with Crippen LogP contribution >= 0.6 is 17.0 Å². The van der Waals surface area contributed by atoms with Gasteiger partial charge in [-0.05, 0) is 43.0 Å². The summed E-state index contributed by atoms with van der Waals surface area (Å²) >= 11 is 0. The first-order chi connectivity index (χ1) is 18.0.